The van der Waals surface area contributed by atoms with E-state index in [0.29, 0.717) is 6.54 Å². The Morgan fingerprint density at radius 3 is 3.11 bits per heavy atom. The van der Waals surface area contributed by atoms with Gasteiger partial charge >= 0.3 is 0 Å². The lowest BCUT2D eigenvalue weighted by Gasteiger charge is -2.06. The second kappa shape index (κ2) is 4.66. The number of imidazole rings is 1. The number of halogens is 1. The van der Waals surface area contributed by atoms with Crippen LogP contribution in [0.2, 0.25) is 0 Å². The molecule has 0 saturated carbocycles. The Balaban J connectivity index is 1.87. The summed E-state index contributed by atoms with van der Waals surface area (Å²) in [6, 6.07) is 0. The van der Waals surface area contributed by atoms with Crippen molar-refractivity contribution in [2.75, 3.05) is 5.32 Å². The Bertz CT molecular complexity index is 690. The lowest BCUT2D eigenvalue weighted by atomic mass is 10.4. The third-order valence-corrected chi connectivity index (χ3v) is 3.65. The van der Waals surface area contributed by atoms with Crippen LogP contribution in [0.15, 0.2) is 28.6 Å². The predicted octanol–water partition coefficient (Wildman–Crippen LogP) is 2.87. The molecule has 0 unspecified atom stereocenters. The standard InChI is InChI=1S/C11H10BrN5S/c1-7-15-8(6-18-7)4-14-10-11-13-2-3-17(11)5-9(12)16-10/h2-3,5-6H,4H2,1H3,(H,14,16). The smallest absolute Gasteiger partial charge is 0.180 e. The summed E-state index contributed by atoms with van der Waals surface area (Å²) in [4.78, 5) is 13.1. The molecule has 3 rings (SSSR count). The number of nitrogens with one attached hydrogen (secondary N) is 1. The highest BCUT2D eigenvalue weighted by molar-refractivity contribution is 9.10. The van der Waals surface area contributed by atoms with Crippen molar-refractivity contribution in [1.29, 1.82) is 0 Å². The fraction of sp³-hybridized carbons (Fsp3) is 0.182. The highest BCUT2D eigenvalue weighted by atomic mass is 79.9. The number of aromatic nitrogens is 4. The minimum atomic E-state index is 0.649. The molecule has 18 heavy (non-hydrogen) atoms. The number of fused-ring (bicyclic) bond motifs is 1. The number of rotatable bonds is 3. The zero-order valence-corrected chi connectivity index (χ0v) is 12.0. The van der Waals surface area contributed by atoms with E-state index in [9.17, 15) is 0 Å². The van der Waals surface area contributed by atoms with E-state index in [1.165, 1.54) is 0 Å². The quantitative estimate of drug-likeness (QED) is 0.805. The molecule has 0 bridgehead atoms. The van der Waals surface area contributed by atoms with Gasteiger partial charge in [0, 0.05) is 24.0 Å². The molecule has 0 amide bonds. The highest BCUT2D eigenvalue weighted by Crippen LogP contribution is 2.18. The summed E-state index contributed by atoms with van der Waals surface area (Å²) in [5.41, 5.74) is 1.83. The summed E-state index contributed by atoms with van der Waals surface area (Å²) in [5, 5.41) is 6.38. The van der Waals surface area contributed by atoms with Crippen molar-refractivity contribution >= 4 is 38.7 Å². The van der Waals surface area contributed by atoms with Gasteiger partial charge in [-0.2, -0.15) is 0 Å². The van der Waals surface area contributed by atoms with Gasteiger partial charge in [0.1, 0.15) is 4.60 Å². The molecule has 1 N–H and O–H groups in total. The van der Waals surface area contributed by atoms with Gasteiger partial charge in [0.15, 0.2) is 11.5 Å². The third kappa shape index (κ3) is 2.23. The maximum absolute atomic E-state index is 4.41. The summed E-state index contributed by atoms with van der Waals surface area (Å²) in [6.45, 7) is 2.65. The number of aryl methyl sites for hydroxylation is 1. The van der Waals surface area contributed by atoms with E-state index in [2.05, 4.69) is 36.2 Å². The summed E-state index contributed by atoms with van der Waals surface area (Å²) in [5.74, 6) is 0.750. The van der Waals surface area contributed by atoms with E-state index in [1.807, 2.05) is 29.1 Å². The van der Waals surface area contributed by atoms with Crippen LogP contribution in [0, 0.1) is 6.92 Å². The number of thiazole rings is 1. The van der Waals surface area contributed by atoms with E-state index in [1.54, 1.807) is 17.5 Å². The first-order valence-electron chi connectivity index (χ1n) is 5.36. The molecule has 0 aromatic carbocycles. The first-order chi connectivity index (χ1) is 8.72. The minimum Gasteiger partial charge on any atom is -0.361 e. The molecule has 0 aliphatic carbocycles. The van der Waals surface area contributed by atoms with Gasteiger partial charge in [-0.05, 0) is 22.9 Å². The first-order valence-corrected chi connectivity index (χ1v) is 7.04. The molecular weight excluding hydrogens is 314 g/mol. The average molecular weight is 324 g/mol. The fourth-order valence-electron chi connectivity index (χ4n) is 1.68. The van der Waals surface area contributed by atoms with Gasteiger partial charge in [-0.15, -0.1) is 11.3 Å². The van der Waals surface area contributed by atoms with Crippen LogP contribution in [0.1, 0.15) is 10.7 Å². The second-order valence-electron chi connectivity index (χ2n) is 3.78. The van der Waals surface area contributed by atoms with Gasteiger partial charge < -0.3 is 9.72 Å². The summed E-state index contributed by atoms with van der Waals surface area (Å²) >= 11 is 5.03. The molecule has 0 radical (unpaired) electrons. The minimum absolute atomic E-state index is 0.649. The van der Waals surface area contributed by atoms with Crippen LogP contribution >= 0.6 is 27.3 Å². The molecule has 0 atom stereocenters. The monoisotopic (exact) mass is 323 g/mol. The molecule has 5 nitrogen and oxygen atoms in total. The van der Waals surface area contributed by atoms with Gasteiger partial charge in [0.25, 0.3) is 0 Å². The molecule has 7 heteroatoms. The van der Waals surface area contributed by atoms with Crippen molar-refractivity contribution in [1.82, 2.24) is 19.4 Å². The number of nitrogens with zero attached hydrogens (tertiary/aromatic N) is 4. The maximum Gasteiger partial charge on any atom is 0.180 e. The molecular formula is C11H10BrN5S. The van der Waals surface area contributed by atoms with Gasteiger partial charge in [-0.25, -0.2) is 15.0 Å². The zero-order chi connectivity index (χ0) is 12.5. The largest absolute Gasteiger partial charge is 0.361 e. The molecule has 3 aromatic heterocycles. The normalized spacial score (nSPS) is 11.0. The van der Waals surface area contributed by atoms with E-state index in [4.69, 9.17) is 0 Å². The Labute approximate surface area is 116 Å². The van der Waals surface area contributed by atoms with Gasteiger partial charge in [0.2, 0.25) is 0 Å². The maximum atomic E-state index is 4.41. The Morgan fingerprint density at radius 2 is 2.33 bits per heavy atom. The molecule has 0 saturated heterocycles. The topological polar surface area (TPSA) is 55.1 Å². The van der Waals surface area contributed by atoms with Crippen LogP contribution in [-0.2, 0) is 6.54 Å². The van der Waals surface area contributed by atoms with Crippen LogP contribution in [0.25, 0.3) is 5.65 Å². The number of hydrogen-bond donors (Lipinski definition) is 1. The molecule has 92 valence electrons. The number of anilines is 1. The van der Waals surface area contributed by atoms with E-state index < -0.39 is 0 Å². The molecule has 0 fully saturated rings. The van der Waals surface area contributed by atoms with Crippen molar-refractivity contribution in [3.8, 4) is 0 Å². The third-order valence-electron chi connectivity index (χ3n) is 2.45. The molecule has 0 aliphatic heterocycles. The average Bonchev–Trinajstić information content (AvgIpc) is 2.94. The second-order valence-corrected chi connectivity index (χ2v) is 5.66. The van der Waals surface area contributed by atoms with Gasteiger partial charge in [-0.3, -0.25) is 0 Å². The van der Waals surface area contributed by atoms with Gasteiger partial charge in [0.05, 0.1) is 17.2 Å². The molecule has 0 spiro atoms. The Kier molecular flexibility index (Phi) is 3.00. The Morgan fingerprint density at radius 1 is 1.44 bits per heavy atom. The SMILES string of the molecule is Cc1nc(CNc2nc(Br)cn3ccnc23)cs1. The highest BCUT2D eigenvalue weighted by Gasteiger charge is 2.06. The van der Waals surface area contributed by atoms with Crippen molar-refractivity contribution in [2.24, 2.45) is 0 Å². The van der Waals surface area contributed by atoms with Crippen LogP contribution in [0.5, 0.6) is 0 Å². The van der Waals surface area contributed by atoms with E-state index in [0.717, 1.165) is 26.8 Å². The van der Waals surface area contributed by atoms with E-state index >= 15 is 0 Å². The summed E-state index contributed by atoms with van der Waals surface area (Å²) in [7, 11) is 0. The van der Waals surface area contributed by atoms with Gasteiger partial charge in [-0.1, -0.05) is 0 Å². The zero-order valence-electron chi connectivity index (χ0n) is 9.59. The van der Waals surface area contributed by atoms with Crippen molar-refractivity contribution in [3.05, 3.63) is 39.3 Å². The summed E-state index contributed by atoms with van der Waals surface area (Å²) in [6.07, 6.45) is 5.52. The van der Waals surface area contributed by atoms with Crippen LogP contribution in [0.3, 0.4) is 0 Å². The predicted molar refractivity (Wildman–Crippen MR) is 74.9 cm³/mol. The van der Waals surface area contributed by atoms with Crippen LogP contribution in [0.4, 0.5) is 5.82 Å². The molecule has 3 heterocycles. The van der Waals surface area contributed by atoms with Crippen molar-refractivity contribution < 1.29 is 0 Å². The Hall–Kier alpha value is -1.47. The van der Waals surface area contributed by atoms with Crippen LogP contribution in [-0.4, -0.2) is 19.4 Å². The van der Waals surface area contributed by atoms with Crippen molar-refractivity contribution in [2.45, 2.75) is 13.5 Å². The molecule has 3 aromatic rings. The number of hydrogen-bond acceptors (Lipinski definition) is 5. The fourth-order valence-corrected chi connectivity index (χ4v) is 2.69. The lowest BCUT2D eigenvalue weighted by molar-refractivity contribution is 1.02. The lowest BCUT2D eigenvalue weighted by Crippen LogP contribution is -2.04. The van der Waals surface area contributed by atoms with Crippen LogP contribution < -0.4 is 5.32 Å². The van der Waals surface area contributed by atoms with E-state index in [-0.39, 0.29) is 0 Å². The first kappa shape index (κ1) is 11.6. The summed E-state index contributed by atoms with van der Waals surface area (Å²) < 4.78 is 2.69. The van der Waals surface area contributed by atoms with Crippen molar-refractivity contribution in [3.63, 3.8) is 0 Å². The molecule has 0 aliphatic rings.